The summed E-state index contributed by atoms with van der Waals surface area (Å²) in [6.45, 7) is 8.80. The molecule has 27 heavy (non-hydrogen) atoms. The van der Waals surface area contributed by atoms with Crippen LogP contribution in [-0.4, -0.2) is 17.2 Å². The van der Waals surface area contributed by atoms with Crippen LogP contribution in [-0.2, 0) is 0 Å². The van der Waals surface area contributed by atoms with E-state index in [-0.39, 0.29) is 12.1 Å². The van der Waals surface area contributed by atoms with Crippen molar-refractivity contribution in [3.63, 3.8) is 0 Å². The average molecular weight is 384 g/mol. The van der Waals surface area contributed by atoms with E-state index < -0.39 is 0 Å². The molecule has 3 rings (SSSR count). The Morgan fingerprint density at radius 2 is 1.85 bits per heavy atom. The number of hydrogen-bond acceptors (Lipinski definition) is 3. The van der Waals surface area contributed by atoms with Crippen LogP contribution in [0.5, 0.6) is 5.75 Å². The van der Waals surface area contributed by atoms with Crippen LogP contribution in [0.15, 0.2) is 48.8 Å². The highest BCUT2D eigenvalue weighted by Gasteiger charge is 2.20. The first-order chi connectivity index (χ1) is 13.0. The maximum atomic E-state index is 12.5. The summed E-state index contributed by atoms with van der Waals surface area (Å²) in [5.41, 5.74) is 3.10. The first kappa shape index (κ1) is 19.0. The number of urea groups is 1. The minimum Gasteiger partial charge on any atom is -0.494 e. The highest BCUT2D eigenvalue weighted by atomic mass is 32.1. The fourth-order valence-corrected chi connectivity index (χ4v) is 4.26. The van der Waals surface area contributed by atoms with Crippen LogP contribution in [0.2, 0.25) is 0 Å². The lowest BCUT2D eigenvalue weighted by molar-refractivity contribution is 0.249. The van der Waals surface area contributed by atoms with Gasteiger partial charge in [0.05, 0.1) is 12.6 Å². The number of benzene rings is 1. The molecule has 0 aliphatic rings. The van der Waals surface area contributed by atoms with Crippen LogP contribution in [0, 0.1) is 13.8 Å². The molecule has 2 aromatic heterocycles. The van der Waals surface area contributed by atoms with Crippen molar-refractivity contribution >= 4 is 23.1 Å². The summed E-state index contributed by atoms with van der Waals surface area (Å²) in [7, 11) is 0. The SMILES string of the molecule is CCOc1ccc(NC(=O)NC(C)c2c(-n3cccc3)sc(C)c2C)cc1. The predicted octanol–water partition coefficient (Wildman–Crippen LogP) is 5.44. The Balaban J connectivity index is 1.72. The van der Waals surface area contributed by atoms with Crippen molar-refractivity contribution in [3.05, 3.63) is 64.8 Å². The second kappa shape index (κ2) is 8.31. The first-order valence-corrected chi connectivity index (χ1v) is 9.84. The third kappa shape index (κ3) is 4.34. The second-order valence-corrected chi connectivity index (χ2v) is 7.57. The van der Waals surface area contributed by atoms with Gasteiger partial charge in [-0.1, -0.05) is 0 Å². The molecular formula is C21H25N3O2S. The molecule has 0 saturated heterocycles. The summed E-state index contributed by atoms with van der Waals surface area (Å²) >= 11 is 1.74. The van der Waals surface area contributed by atoms with Crippen molar-refractivity contribution in [2.45, 2.75) is 33.7 Å². The van der Waals surface area contributed by atoms with E-state index in [9.17, 15) is 4.79 Å². The molecule has 0 saturated carbocycles. The highest BCUT2D eigenvalue weighted by molar-refractivity contribution is 7.14. The number of aryl methyl sites for hydroxylation is 1. The number of nitrogens with one attached hydrogen (secondary N) is 2. The van der Waals surface area contributed by atoms with Crippen LogP contribution in [0.4, 0.5) is 10.5 Å². The van der Waals surface area contributed by atoms with Crippen LogP contribution in [0.1, 0.15) is 35.9 Å². The van der Waals surface area contributed by atoms with Gasteiger partial charge in [0.15, 0.2) is 0 Å². The Morgan fingerprint density at radius 1 is 1.19 bits per heavy atom. The van der Waals surface area contributed by atoms with Gasteiger partial charge in [-0.25, -0.2) is 4.79 Å². The summed E-state index contributed by atoms with van der Waals surface area (Å²) in [4.78, 5) is 13.7. The molecule has 0 bridgehead atoms. The molecule has 1 atom stereocenters. The Bertz CT molecular complexity index is 898. The van der Waals surface area contributed by atoms with Gasteiger partial charge in [0, 0.05) is 28.5 Å². The Hall–Kier alpha value is -2.73. The van der Waals surface area contributed by atoms with E-state index in [0.717, 1.165) is 22.0 Å². The number of amides is 2. The van der Waals surface area contributed by atoms with Crippen molar-refractivity contribution in [2.24, 2.45) is 0 Å². The Morgan fingerprint density at radius 3 is 2.48 bits per heavy atom. The maximum Gasteiger partial charge on any atom is 0.319 e. The number of anilines is 1. The second-order valence-electron chi connectivity index (χ2n) is 6.37. The molecule has 6 heteroatoms. The number of ether oxygens (including phenoxy) is 1. The van der Waals surface area contributed by atoms with Crippen molar-refractivity contribution in [3.8, 4) is 10.8 Å². The maximum absolute atomic E-state index is 12.5. The summed E-state index contributed by atoms with van der Waals surface area (Å²) in [5.74, 6) is 0.789. The van der Waals surface area contributed by atoms with Gasteiger partial charge in [0.25, 0.3) is 0 Å². The zero-order valence-electron chi connectivity index (χ0n) is 16.1. The zero-order chi connectivity index (χ0) is 19.4. The quantitative estimate of drug-likeness (QED) is 0.596. The Labute approximate surface area is 164 Å². The number of carbonyl (C=O) groups excluding carboxylic acids is 1. The number of aromatic nitrogens is 1. The van der Waals surface area contributed by atoms with Crippen LogP contribution >= 0.6 is 11.3 Å². The lowest BCUT2D eigenvalue weighted by Gasteiger charge is -2.17. The monoisotopic (exact) mass is 383 g/mol. The molecule has 2 heterocycles. The van der Waals surface area contributed by atoms with E-state index in [1.54, 1.807) is 11.3 Å². The van der Waals surface area contributed by atoms with E-state index in [2.05, 4.69) is 29.0 Å². The molecule has 1 aromatic carbocycles. The molecular weight excluding hydrogens is 358 g/mol. The molecule has 0 radical (unpaired) electrons. The minimum absolute atomic E-state index is 0.116. The molecule has 0 aliphatic carbocycles. The predicted molar refractivity (Wildman–Crippen MR) is 111 cm³/mol. The van der Waals surface area contributed by atoms with Gasteiger partial charge < -0.3 is 19.9 Å². The van der Waals surface area contributed by atoms with Gasteiger partial charge in [0.1, 0.15) is 10.8 Å². The summed E-state index contributed by atoms with van der Waals surface area (Å²) in [5, 5.41) is 7.08. The standard InChI is InChI=1S/C21H25N3O2S/c1-5-26-18-10-8-17(9-11-18)23-21(25)22-15(3)19-14(2)16(4)27-20(19)24-12-6-7-13-24/h6-13,15H,5H2,1-4H3,(H2,22,23,25). The number of hydrogen-bond donors (Lipinski definition) is 2. The molecule has 0 aliphatic heterocycles. The van der Waals surface area contributed by atoms with Gasteiger partial charge >= 0.3 is 6.03 Å². The molecule has 2 N–H and O–H groups in total. The molecule has 5 nitrogen and oxygen atoms in total. The number of rotatable bonds is 6. The van der Waals surface area contributed by atoms with Crippen LogP contribution in [0.25, 0.3) is 5.00 Å². The van der Waals surface area contributed by atoms with E-state index in [1.807, 2.05) is 62.6 Å². The van der Waals surface area contributed by atoms with Crippen molar-refractivity contribution in [1.82, 2.24) is 9.88 Å². The molecule has 2 amide bonds. The molecule has 3 aromatic rings. The minimum atomic E-state index is -0.228. The van der Waals surface area contributed by atoms with E-state index in [0.29, 0.717) is 6.61 Å². The summed E-state index contributed by atoms with van der Waals surface area (Å²) in [6.07, 6.45) is 4.06. The number of carbonyl (C=O) groups is 1. The average Bonchev–Trinajstić information content (AvgIpc) is 3.26. The lowest BCUT2D eigenvalue weighted by Crippen LogP contribution is -2.31. The topological polar surface area (TPSA) is 55.3 Å². The van der Waals surface area contributed by atoms with E-state index >= 15 is 0 Å². The number of thiophene rings is 1. The van der Waals surface area contributed by atoms with Crippen LogP contribution in [0.3, 0.4) is 0 Å². The largest absolute Gasteiger partial charge is 0.494 e. The van der Waals surface area contributed by atoms with Gasteiger partial charge in [-0.05, 0) is 69.7 Å². The smallest absolute Gasteiger partial charge is 0.319 e. The van der Waals surface area contributed by atoms with Gasteiger partial charge in [-0.15, -0.1) is 11.3 Å². The van der Waals surface area contributed by atoms with Crippen molar-refractivity contribution < 1.29 is 9.53 Å². The zero-order valence-corrected chi connectivity index (χ0v) is 16.9. The summed E-state index contributed by atoms with van der Waals surface area (Å²) in [6, 6.07) is 11.0. The molecule has 0 spiro atoms. The first-order valence-electron chi connectivity index (χ1n) is 9.03. The molecule has 0 fully saturated rings. The van der Waals surface area contributed by atoms with Crippen molar-refractivity contribution in [2.75, 3.05) is 11.9 Å². The van der Waals surface area contributed by atoms with Gasteiger partial charge in [0.2, 0.25) is 0 Å². The third-order valence-corrected chi connectivity index (χ3v) is 5.69. The summed E-state index contributed by atoms with van der Waals surface area (Å²) < 4.78 is 7.52. The van der Waals surface area contributed by atoms with Crippen LogP contribution < -0.4 is 15.4 Å². The highest BCUT2D eigenvalue weighted by Crippen LogP contribution is 2.35. The fraction of sp³-hybridized carbons (Fsp3) is 0.286. The van der Waals surface area contributed by atoms with E-state index in [4.69, 9.17) is 4.74 Å². The normalized spacial score (nSPS) is 11.9. The molecule has 142 valence electrons. The Kier molecular flexibility index (Phi) is 5.86. The van der Waals surface area contributed by atoms with E-state index in [1.165, 1.54) is 10.4 Å². The molecule has 1 unspecified atom stereocenters. The van der Waals surface area contributed by atoms with Gasteiger partial charge in [-0.2, -0.15) is 0 Å². The van der Waals surface area contributed by atoms with Crippen molar-refractivity contribution in [1.29, 1.82) is 0 Å². The number of nitrogens with zero attached hydrogens (tertiary/aromatic N) is 1. The lowest BCUT2D eigenvalue weighted by atomic mass is 10.1. The van der Waals surface area contributed by atoms with Gasteiger partial charge in [-0.3, -0.25) is 0 Å². The fourth-order valence-electron chi connectivity index (χ4n) is 3.04. The third-order valence-electron chi connectivity index (χ3n) is 4.46.